The van der Waals surface area contributed by atoms with Crippen LogP contribution in [0.5, 0.6) is 0 Å². The van der Waals surface area contributed by atoms with Crippen molar-refractivity contribution in [1.29, 1.82) is 0 Å². The van der Waals surface area contributed by atoms with E-state index in [0.29, 0.717) is 5.56 Å². The number of hydrogen-bond donors (Lipinski definition) is 1. The van der Waals surface area contributed by atoms with E-state index in [0.717, 1.165) is 6.92 Å². The van der Waals surface area contributed by atoms with Gasteiger partial charge in [-0.25, -0.2) is 12.7 Å². The number of carbonyl (C=O) groups excluding carboxylic acids is 3. The number of thiophene rings is 1. The molecule has 23 heavy (non-hydrogen) atoms. The van der Waals surface area contributed by atoms with Gasteiger partial charge >= 0.3 is 35.5 Å². The molecular weight excluding hydrogens is 359 g/mol. The van der Waals surface area contributed by atoms with E-state index in [9.17, 15) is 27.4 Å². The van der Waals surface area contributed by atoms with E-state index in [1.807, 2.05) is 0 Å². The number of amides is 2. The molecule has 1 aliphatic heterocycles. The van der Waals surface area contributed by atoms with Crippen LogP contribution >= 0.6 is 11.3 Å². The van der Waals surface area contributed by atoms with Gasteiger partial charge in [-0.3, -0.25) is 14.4 Å². The summed E-state index contributed by atoms with van der Waals surface area (Å²) in [7, 11) is -5.12. The molecule has 1 aromatic rings. The Morgan fingerprint density at radius 1 is 1.48 bits per heavy atom. The Bertz CT molecular complexity index is 704. The fourth-order valence-electron chi connectivity index (χ4n) is 1.90. The summed E-state index contributed by atoms with van der Waals surface area (Å²) in [4.78, 5) is 34.4. The van der Waals surface area contributed by atoms with E-state index in [-0.39, 0.29) is 40.3 Å². The summed E-state index contributed by atoms with van der Waals surface area (Å²) < 4.78 is 37.4. The van der Waals surface area contributed by atoms with Gasteiger partial charge in [-0.2, -0.15) is 11.3 Å². The summed E-state index contributed by atoms with van der Waals surface area (Å²) in [6.07, 6.45) is -1.68. The Labute approximate surface area is 158 Å². The van der Waals surface area contributed by atoms with Gasteiger partial charge in [-0.1, -0.05) is 0 Å². The minimum absolute atomic E-state index is 0. The molecule has 1 aliphatic rings. The van der Waals surface area contributed by atoms with Crippen molar-refractivity contribution < 1.29 is 61.6 Å². The molecule has 2 atom stereocenters. The van der Waals surface area contributed by atoms with Crippen LogP contribution in [0.3, 0.4) is 0 Å². The molecular formula is C11H11N2NaO7S2. The molecule has 0 unspecified atom stereocenters. The van der Waals surface area contributed by atoms with Crippen molar-refractivity contribution in [3.63, 3.8) is 0 Å². The normalized spacial score (nSPS) is 20.3. The van der Waals surface area contributed by atoms with Crippen molar-refractivity contribution in [2.75, 3.05) is 0 Å². The number of esters is 1. The molecule has 2 heterocycles. The third-order valence-corrected chi connectivity index (χ3v) is 4.39. The first-order valence-electron chi connectivity index (χ1n) is 5.97. The van der Waals surface area contributed by atoms with Crippen LogP contribution in [0, 0.1) is 0 Å². The van der Waals surface area contributed by atoms with Gasteiger partial charge in [0.05, 0.1) is 6.42 Å². The molecule has 0 aromatic carbocycles. The van der Waals surface area contributed by atoms with E-state index >= 15 is 0 Å². The summed E-state index contributed by atoms with van der Waals surface area (Å²) in [5.41, 5.74) is 0.714. The number of rotatable bonds is 5. The average Bonchev–Trinajstić information content (AvgIpc) is 2.86. The zero-order valence-electron chi connectivity index (χ0n) is 12.2. The molecule has 2 rings (SSSR count). The molecule has 9 nitrogen and oxygen atoms in total. The SMILES string of the molecule is CC(=O)O[C@@H]1[C@H](NC(=O)Cc2ccsc2)C(=O)N1S(=O)(=O)[O-].[Na+]. The van der Waals surface area contributed by atoms with Crippen LogP contribution in [0.25, 0.3) is 0 Å². The van der Waals surface area contributed by atoms with Gasteiger partial charge < -0.3 is 14.6 Å². The largest absolute Gasteiger partial charge is 1.00 e. The van der Waals surface area contributed by atoms with E-state index in [1.165, 1.54) is 11.3 Å². The van der Waals surface area contributed by atoms with Gasteiger partial charge in [-0.15, -0.1) is 0 Å². The molecule has 12 heteroatoms. The van der Waals surface area contributed by atoms with Crippen molar-refractivity contribution in [2.24, 2.45) is 0 Å². The predicted molar refractivity (Wildman–Crippen MR) is 72.1 cm³/mol. The molecule has 2 amide bonds. The van der Waals surface area contributed by atoms with Crippen molar-refractivity contribution in [1.82, 2.24) is 9.62 Å². The zero-order valence-corrected chi connectivity index (χ0v) is 15.8. The van der Waals surface area contributed by atoms with Gasteiger partial charge in [0.15, 0.2) is 16.3 Å². The summed E-state index contributed by atoms with van der Waals surface area (Å²) in [6, 6.07) is 0.323. The predicted octanol–water partition coefficient (Wildman–Crippen LogP) is -4.03. The number of carbonyl (C=O) groups is 3. The van der Waals surface area contributed by atoms with E-state index in [2.05, 4.69) is 10.1 Å². The first-order chi connectivity index (χ1) is 10.2. The third-order valence-electron chi connectivity index (χ3n) is 2.79. The second-order valence-corrected chi connectivity index (χ2v) is 6.47. The number of hydrogen-bond acceptors (Lipinski definition) is 8. The smallest absolute Gasteiger partial charge is 0.731 e. The second-order valence-electron chi connectivity index (χ2n) is 4.45. The number of nitrogens with one attached hydrogen (secondary N) is 1. The first kappa shape index (κ1) is 20.1. The maximum Gasteiger partial charge on any atom is 1.00 e. The molecule has 0 bridgehead atoms. The third kappa shape index (κ3) is 4.75. The standard InChI is InChI=1S/C11H12N2O7S2.Na/c1-6(14)20-11-9(10(16)13(11)22(17,18)19)12-8(15)4-7-2-3-21-5-7;/h2-3,5,9,11H,4H2,1H3,(H,12,15)(H,17,18,19);/q;+1/p-1/t9-,11-;/m1./s1. The van der Waals surface area contributed by atoms with Crippen LogP contribution in [0.15, 0.2) is 16.8 Å². The molecule has 0 spiro atoms. The zero-order chi connectivity index (χ0) is 16.5. The fraction of sp³-hybridized carbons (Fsp3) is 0.364. The quantitative estimate of drug-likeness (QED) is 0.241. The Hall–Kier alpha value is -0.980. The summed E-state index contributed by atoms with van der Waals surface area (Å²) >= 11 is 1.39. The maximum absolute atomic E-state index is 11.8. The molecule has 1 saturated heterocycles. The summed E-state index contributed by atoms with van der Waals surface area (Å²) in [5.74, 6) is -2.58. The summed E-state index contributed by atoms with van der Waals surface area (Å²) in [6.45, 7) is 0.989. The monoisotopic (exact) mass is 370 g/mol. The van der Waals surface area contributed by atoms with Crippen LogP contribution in [0.1, 0.15) is 12.5 Å². The topological polar surface area (TPSA) is 133 Å². The van der Waals surface area contributed by atoms with Gasteiger partial charge in [0, 0.05) is 6.92 Å². The number of β-lactam (4-membered cyclic amide) rings is 1. The van der Waals surface area contributed by atoms with Crippen LogP contribution in [0.4, 0.5) is 0 Å². The van der Waals surface area contributed by atoms with Crippen molar-refractivity contribution >= 4 is 39.4 Å². The fourth-order valence-corrected chi connectivity index (χ4v) is 3.32. The summed E-state index contributed by atoms with van der Waals surface area (Å²) in [5, 5.41) is 5.76. The molecule has 0 radical (unpaired) electrons. The van der Waals surface area contributed by atoms with Crippen molar-refractivity contribution in [3.05, 3.63) is 22.4 Å². The van der Waals surface area contributed by atoms with Crippen LogP contribution in [-0.2, 0) is 35.8 Å². The minimum Gasteiger partial charge on any atom is -0.731 e. The van der Waals surface area contributed by atoms with Gasteiger partial charge in [0.2, 0.25) is 12.1 Å². The molecule has 1 fully saturated rings. The number of ether oxygens (including phenoxy) is 1. The molecule has 120 valence electrons. The van der Waals surface area contributed by atoms with Crippen molar-refractivity contribution in [2.45, 2.75) is 25.6 Å². The Kier molecular flexibility index (Phi) is 6.74. The van der Waals surface area contributed by atoms with Crippen molar-refractivity contribution in [3.8, 4) is 0 Å². The molecule has 0 saturated carbocycles. The first-order valence-corrected chi connectivity index (χ1v) is 8.27. The van der Waals surface area contributed by atoms with Crippen LogP contribution < -0.4 is 34.9 Å². The number of nitrogens with zero attached hydrogens (tertiary/aromatic N) is 1. The minimum atomic E-state index is -5.12. The van der Waals surface area contributed by atoms with E-state index in [4.69, 9.17) is 0 Å². The van der Waals surface area contributed by atoms with Gasteiger partial charge in [0.1, 0.15) is 0 Å². The van der Waals surface area contributed by atoms with Gasteiger partial charge in [-0.05, 0) is 22.4 Å². The Morgan fingerprint density at radius 2 is 2.13 bits per heavy atom. The molecule has 1 N–H and O–H groups in total. The van der Waals surface area contributed by atoms with Crippen LogP contribution in [0.2, 0.25) is 0 Å². The Morgan fingerprint density at radius 3 is 2.61 bits per heavy atom. The molecule has 0 aliphatic carbocycles. The maximum atomic E-state index is 11.8. The van der Waals surface area contributed by atoms with Gasteiger partial charge in [0.25, 0.3) is 5.91 Å². The van der Waals surface area contributed by atoms with E-state index in [1.54, 1.807) is 16.8 Å². The average molecular weight is 370 g/mol. The van der Waals surface area contributed by atoms with Crippen LogP contribution in [-0.4, -0.2) is 47.3 Å². The second kappa shape index (κ2) is 7.73. The van der Waals surface area contributed by atoms with E-state index < -0.39 is 40.4 Å². The Balaban J connectivity index is 0.00000264. The molecule has 1 aromatic heterocycles.